The zero-order valence-corrected chi connectivity index (χ0v) is 13.0. The number of carbonyl (C=O) groups excluding carboxylic acids is 1. The van der Waals surface area contributed by atoms with Gasteiger partial charge in [-0.05, 0) is 29.2 Å². The van der Waals surface area contributed by atoms with Gasteiger partial charge in [0.05, 0.1) is 18.8 Å². The van der Waals surface area contributed by atoms with Crippen molar-refractivity contribution in [3.05, 3.63) is 33.8 Å². The molecule has 0 unspecified atom stereocenters. The minimum Gasteiger partial charge on any atom is -0.465 e. The largest absolute Gasteiger partial charge is 0.465 e. The quantitative estimate of drug-likeness (QED) is 0.792. The van der Waals surface area contributed by atoms with Crippen molar-refractivity contribution in [2.45, 2.75) is 26.9 Å². The van der Waals surface area contributed by atoms with E-state index in [1.807, 2.05) is 12.1 Å². The smallest absolute Gasteiger partial charge is 0.337 e. The Balaban J connectivity index is 3.26. The number of carbonyl (C=O) groups is 1. The number of esters is 1. The van der Waals surface area contributed by atoms with Crippen LogP contribution in [0.15, 0.2) is 22.7 Å². The lowest BCUT2D eigenvalue weighted by Crippen LogP contribution is -2.21. The summed E-state index contributed by atoms with van der Waals surface area (Å²) in [6.45, 7) is 6.29. The predicted molar refractivity (Wildman–Crippen MR) is 74.7 cm³/mol. The first-order valence-electron chi connectivity index (χ1n) is 5.71. The molecule has 0 aromatic heterocycles. The maximum Gasteiger partial charge on any atom is 0.337 e. The minimum absolute atomic E-state index is 0.0635. The molecule has 1 rings (SSSR count). The van der Waals surface area contributed by atoms with E-state index < -0.39 is 0 Å². The molecule has 1 atom stereocenters. The summed E-state index contributed by atoms with van der Waals surface area (Å²) < 4.78 is 11.2. The molecular weight excluding hydrogens is 296 g/mol. The molecule has 0 bridgehead atoms. The Bertz CT molecular complexity index is 435. The fourth-order valence-corrected chi connectivity index (χ4v) is 2.39. The van der Waals surface area contributed by atoms with E-state index >= 15 is 0 Å². The highest BCUT2D eigenvalue weighted by Crippen LogP contribution is 2.39. The van der Waals surface area contributed by atoms with Crippen molar-refractivity contribution in [1.82, 2.24) is 0 Å². The van der Waals surface area contributed by atoms with Crippen LogP contribution in [0, 0.1) is 5.41 Å². The Labute approximate surface area is 117 Å². The Morgan fingerprint density at radius 3 is 2.33 bits per heavy atom. The molecule has 18 heavy (non-hydrogen) atoms. The van der Waals surface area contributed by atoms with E-state index in [0.29, 0.717) is 5.56 Å². The highest BCUT2D eigenvalue weighted by Gasteiger charge is 2.28. The molecule has 0 aliphatic heterocycles. The number of rotatable bonds is 3. The summed E-state index contributed by atoms with van der Waals surface area (Å²) in [6.07, 6.45) is -0.100. The van der Waals surface area contributed by atoms with Gasteiger partial charge in [-0.15, -0.1) is 0 Å². The summed E-state index contributed by atoms with van der Waals surface area (Å²) in [5, 5.41) is 0. The Morgan fingerprint density at radius 2 is 1.89 bits per heavy atom. The number of ether oxygens (including phenoxy) is 2. The molecule has 0 radical (unpaired) electrons. The number of methoxy groups -OCH3 is 2. The van der Waals surface area contributed by atoms with Crippen molar-refractivity contribution < 1.29 is 14.3 Å². The molecule has 0 saturated carbocycles. The Morgan fingerprint density at radius 1 is 1.28 bits per heavy atom. The summed E-state index contributed by atoms with van der Waals surface area (Å²) in [7, 11) is 3.05. The van der Waals surface area contributed by atoms with Crippen LogP contribution >= 0.6 is 15.9 Å². The van der Waals surface area contributed by atoms with E-state index in [1.165, 1.54) is 7.11 Å². The first-order valence-corrected chi connectivity index (χ1v) is 6.51. The maximum atomic E-state index is 11.6. The lowest BCUT2D eigenvalue weighted by Gasteiger charge is -2.30. The van der Waals surface area contributed by atoms with Crippen LogP contribution in [0.3, 0.4) is 0 Å². The zero-order chi connectivity index (χ0) is 13.9. The topological polar surface area (TPSA) is 35.5 Å². The molecule has 0 aliphatic rings. The molecule has 3 nitrogen and oxygen atoms in total. The average molecular weight is 315 g/mol. The van der Waals surface area contributed by atoms with Crippen LogP contribution in [0.1, 0.15) is 42.8 Å². The minimum atomic E-state index is -0.340. The van der Waals surface area contributed by atoms with Crippen LogP contribution < -0.4 is 0 Å². The highest BCUT2D eigenvalue weighted by molar-refractivity contribution is 9.10. The van der Waals surface area contributed by atoms with Crippen LogP contribution in [0.5, 0.6) is 0 Å². The van der Waals surface area contributed by atoms with Gasteiger partial charge in [0.2, 0.25) is 0 Å². The molecule has 0 heterocycles. The molecule has 0 amide bonds. The second kappa shape index (κ2) is 5.85. The van der Waals surface area contributed by atoms with Gasteiger partial charge in [0, 0.05) is 11.6 Å². The van der Waals surface area contributed by atoms with Gasteiger partial charge in [0.15, 0.2) is 0 Å². The fraction of sp³-hybridized carbons (Fsp3) is 0.500. The van der Waals surface area contributed by atoms with Crippen molar-refractivity contribution in [2.24, 2.45) is 5.41 Å². The fourth-order valence-electron chi connectivity index (χ4n) is 1.94. The summed E-state index contributed by atoms with van der Waals surface area (Å²) in [4.78, 5) is 11.6. The average Bonchev–Trinajstić information content (AvgIpc) is 2.29. The van der Waals surface area contributed by atoms with E-state index in [2.05, 4.69) is 36.7 Å². The summed E-state index contributed by atoms with van der Waals surface area (Å²) >= 11 is 3.50. The van der Waals surface area contributed by atoms with Gasteiger partial charge in [-0.2, -0.15) is 0 Å². The van der Waals surface area contributed by atoms with Gasteiger partial charge in [-0.25, -0.2) is 4.79 Å². The molecule has 1 aromatic rings. The van der Waals surface area contributed by atoms with Crippen LogP contribution in [0.4, 0.5) is 0 Å². The second-order valence-corrected chi connectivity index (χ2v) is 6.06. The predicted octanol–water partition coefficient (Wildman–Crippen LogP) is 3.97. The SMILES string of the molecule is COC(=O)c1ccc(Br)c([C@H](OC)C(C)(C)C)c1. The lowest BCUT2D eigenvalue weighted by molar-refractivity contribution is 0.0146. The van der Waals surface area contributed by atoms with E-state index in [4.69, 9.17) is 9.47 Å². The standard InChI is InChI=1S/C14H19BrO3/c1-14(2,3)12(17-4)10-8-9(13(16)18-5)6-7-11(10)15/h6-8,12H,1-5H3/t12-/m0/s1. The van der Waals surface area contributed by atoms with Crippen LogP contribution in [0.25, 0.3) is 0 Å². The molecular formula is C14H19BrO3. The van der Waals surface area contributed by atoms with Gasteiger partial charge in [-0.3, -0.25) is 0 Å². The summed E-state index contributed by atoms with van der Waals surface area (Å²) in [5.74, 6) is -0.340. The molecule has 0 aliphatic carbocycles. The maximum absolute atomic E-state index is 11.6. The summed E-state index contributed by atoms with van der Waals surface area (Å²) in [6, 6.07) is 5.39. The third kappa shape index (κ3) is 3.33. The highest BCUT2D eigenvalue weighted by atomic mass is 79.9. The first-order chi connectivity index (χ1) is 8.31. The van der Waals surface area contributed by atoms with Crippen molar-refractivity contribution in [2.75, 3.05) is 14.2 Å². The molecule has 0 fully saturated rings. The monoisotopic (exact) mass is 314 g/mol. The third-order valence-electron chi connectivity index (χ3n) is 2.72. The van der Waals surface area contributed by atoms with E-state index in [0.717, 1.165) is 10.0 Å². The number of halogens is 1. The van der Waals surface area contributed by atoms with Gasteiger partial charge >= 0.3 is 5.97 Å². The van der Waals surface area contributed by atoms with Crippen LogP contribution in [0.2, 0.25) is 0 Å². The number of hydrogen-bond donors (Lipinski definition) is 0. The molecule has 0 spiro atoms. The van der Waals surface area contributed by atoms with E-state index in [-0.39, 0.29) is 17.5 Å². The molecule has 1 aromatic carbocycles. The molecule has 100 valence electrons. The van der Waals surface area contributed by atoms with Gasteiger partial charge < -0.3 is 9.47 Å². The van der Waals surface area contributed by atoms with Crippen LogP contribution in [-0.4, -0.2) is 20.2 Å². The molecule has 4 heteroatoms. The third-order valence-corrected chi connectivity index (χ3v) is 3.44. The first kappa shape index (κ1) is 15.2. The van der Waals surface area contributed by atoms with Crippen molar-refractivity contribution >= 4 is 21.9 Å². The van der Waals surface area contributed by atoms with Crippen molar-refractivity contribution in [1.29, 1.82) is 0 Å². The normalized spacial score (nSPS) is 13.2. The number of benzene rings is 1. The van der Waals surface area contributed by atoms with Crippen molar-refractivity contribution in [3.63, 3.8) is 0 Å². The van der Waals surface area contributed by atoms with Gasteiger partial charge in [-0.1, -0.05) is 36.7 Å². The Kier molecular flexibility index (Phi) is 4.93. The van der Waals surface area contributed by atoms with E-state index in [1.54, 1.807) is 13.2 Å². The van der Waals surface area contributed by atoms with Crippen molar-refractivity contribution in [3.8, 4) is 0 Å². The van der Waals surface area contributed by atoms with E-state index in [9.17, 15) is 4.79 Å². The van der Waals surface area contributed by atoms with Crippen LogP contribution in [-0.2, 0) is 9.47 Å². The lowest BCUT2D eigenvalue weighted by atomic mass is 9.84. The Hall–Kier alpha value is -0.870. The summed E-state index contributed by atoms with van der Waals surface area (Å²) in [5.41, 5.74) is 1.42. The zero-order valence-electron chi connectivity index (χ0n) is 11.4. The second-order valence-electron chi connectivity index (χ2n) is 5.21. The van der Waals surface area contributed by atoms with Gasteiger partial charge in [0.1, 0.15) is 0 Å². The van der Waals surface area contributed by atoms with Gasteiger partial charge in [0.25, 0.3) is 0 Å². The number of hydrogen-bond acceptors (Lipinski definition) is 3. The molecule has 0 saturated heterocycles. The molecule has 0 N–H and O–H groups in total.